The van der Waals surface area contributed by atoms with Gasteiger partial charge in [-0.25, -0.2) is 9.97 Å². The Labute approximate surface area is 142 Å². The van der Waals surface area contributed by atoms with Gasteiger partial charge in [0.25, 0.3) is 0 Å². The third-order valence-electron chi connectivity index (χ3n) is 4.71. The van der Waals surface area contributed by atoms with Crippen molar-refractivity contribution in [2.45, 2.75) is 31.7 Å². The van der Waals surface area contributed by atoms with E-state index in [4.69, 9.17) is 4.98 Å². The van der Waals surface area contributed by atoms with Crippen LogP contribution in [0.2, 0.25) is 0 Å². The van der Waals surface area contributed by atoms with Gasteiger partial charge in [-0.15, -0.1) is 0 Å². The van der Waals surface area contributed by atoms with E-state index in [1.54, 1.807) is 6.20 Å². The molecule has 1 aromatic heterocycles. The van der Waals surface area contributed by atoms with Gasteiger partial charge in [-0.2, -0.15) is 0 Å². The van der Waals surface area contributed by atoms with Crippen molar-refractivity contribution in [3.05, 3.63) is 42.6 Å². The van der Waals surface area contributed by atoms with Crippen LogP contribution in [0.15, 0.2) is 42.6 Å². The predicted octanol–water partition coefficient (Wildman–Crippen LogP) is 2.64. The molecule has 1 N–H and O–H groups in total. The molecule has 1 aliphatic carbocycles. The van der Waals surface area contributed by atoms with Crippen LogP contribution in [0.5, 0.6) is 0 Å². The van der Waals surface area contributed by atoms with E-state index in [-0.39, 0.29) is 11.8 Å². The van der Waals surface area contributed by atoms with Crippen LogP contribution < -0.4 is 10.2 Å². The van der Waals surface area contributed by atoms with Crippen molar-refractivity contribution >= 4 is 11.7 Å². The van der Waals surface area contributed by atoms with Crippen LogP contribution >= 0.6 is 0 Å². The molecule has 1 atom stereocenters. The number of piperidine rings is 1. The average molecular weight is 322 g/mol. The molecular formula is C19H22N4O. The molecule has 0 spiro atoms. The molecule has 1 saturated carbocycles. The molecule has 1 saturated heterocycles. The second-order valence-electron chi connectivity index (χ2n) is 6.67. The van der Waals surface area contributed by atoms with E-state index in [2.05, 4.69) is 15.2 Å². The molecular weight excluding hydrogens is 300 g/mol. The summed E-state index contributed by atoms with van der Waals surface area (Å²) in [6.45, 7) is 1.68. The van der Waals surface area contributed by atoms with E-state index in [1.165, 1.54) is 0 Å². The Morgan fingerprint density at radius 2 is 1.96 bits per heavy atom. The number of aromatic nitrogens is 2. The fraction of sp³-hybridized carbons (Fsp3) is 0.421. The van der Waals surface area contributed by atoms with Gasteiger partial charge >= 0.3 is 0 Å². The number of amides is 1. The highest BCUT2D eigenvalue weighted by Gasteiger charge is 2.30. The quantitative estimate of drug-likeness (QED) is 0.940. The minimum absolute atomic E-state index is 0.0643. The first-order chi connectivity index (χ1) is 11.8. The van der Waals surface area contributed by atoms with Gasteiger partial charge in [-0.3, -0.25) is 4.79 Å². The molecule has 1 aromatic carbocycles. The van der Waals surface area contributed by atoms with E-state index in [0.717, 1.165) is 56.0 Å². The molecule has 2 aliphatic rings. The van der Waals surface area contributed by atoms with Crippen molar-refractivity contribution in [1.29, 1.82) is 0 Å². The molecule has 5 heteroatoms. The van der Waals surface area contributed by atoms with E-state index in [9.17, 15) is 4.79 Å². The van der Waals surface area contributed by atoms with Crippen molar-refractivity contribution in [2.75, 3.05) is 18.0 Å². The molecule has 1 amide bonds. The Balaban J connectivity index is 1.49. The highest BCUT2D eigenvalue weighted by molar-refractivity contribution is 5.80. The van der Waals surface area contributed by atoms with Crippen molar-refractivity contribution < 1.29 is 4.79 Å². The molecule has 2 heterocycles. The fourth-order valence-electron chi connectivity index (χ4n) is 3.20. The lowest BCUT2D eigenvalue weighted by Crippen LogP contribution is -2.44. The maximum absolute atomic E-state index is 12.3. The summed E-state index contributed by atoms with van der Waals surface area (Å²) in [6, 6.07) is 12.4. The Morgan fingerprint density at radius 1 is 1.12 bits per heavy atom. The van der Waals surface area contributed by atoms with Crippen LogP contribution in [0, 0.1) is 5.92 Å². The zero-order valence-electron chi connectivity index (χ0n) is 13.7. The topological polar surface area (TPSA) is 58.1 Å². The van der Waals surface area contributed by atoms with E-state index >= 15 is 0 Å². The third kappa shape index (κ3) is 3.40. The highest BCUT2D eigenvalue weighted by Crippen LogP contribution is 2.25. The zero-order valence-corrected chi connectivity index (χ0v) is 13.7. The average Bonchev–Trinajstić information content (AvgIpc) is 3.47. The molecule has 2 aromatic rings. The number of rotatable bonds is 4. The molecule has 2 fully saturated rings. The minimum Gasteiger partial charge on any atom is -0.356 e. The zero-order chi connectivity index (χ0) is 16.4. The first kappa shape index (κ1) is 15.1. The van der Waals surface area contributed by atoms with Crippen molar-refractivity contribution in [3.63, 3.8) is 0 Å². The van der Waals surface area contributed by atoms with Crippen molar-refractivity contribution in [2.24, 2.45) is 5.92 Å². The minimum atomic E-state index is 0.0643. The Bertz CT molecular complexity index is 714. The van der Waals surface area contributed by atoms with Gasteiger partial charge in [0.2, 0.25) is 5.91 Å². The number of hydrogen-bond donors (Lipinski definition) is 1. The van der Waals surface area contributed by atoms with E-state index in [0.29, 0.717) is 6.04 Å². The van der Waals surface area contributed by atoms with Gasteiger partial charge in [0.1, 0.15) is 5.82 Å². The summed E-state index contributed by atoms with van der Waals surface area (Å²) < 4.78 is 0. The lowest BCUT2D eigenvalue weighted by Gasteiger charge is -2.33. The number of hydrogen-bond acceptors (Lipinski definition) is 4. The molecule has 5 nitrogen and oxygen atoms in total. The largest absolute Gasteiger partial charge is 0.356 e. The Morgan fingerprint density at radius 3 is 2.75 bits per heavy atom. The molecule has 4 rings (SSSR count). The van der Waals surface area contributed by atoms with Gasteiger partial charge < -0.3 is 10.2 Å². The summed E-state index contributed by atoms with van der Waals surface area (Å²) in [5.74, 6) is 1.92. The number of nitrogens with zero attached hydrogens (tertiary/aromatic N) is 3. The van der Waals surface area contributed by atoms with Crippen molar-refractivity contribution in [1.82, 2.24) is 15.3 Å². The summed E-state index contributed by atoms with van der Waals surface area (Å²) >= 11 is 0. The van der Waals surface area contributed by atoms with E-state index in [1.807, 2.05) is 36.4 Å². The van der Waals surface area contributed by atoms with Gasteiger partial charge in [0.05, 0.1) is 5.92 Å². The standard InChI is InChI=1S/C19H22N4O/c24-19(21-16-8-9-16)15-7-4-12-23(13-15)17-10-11-20-18(22-17)14-5-2-1-3-6-14/h1-3,5-6,10-11,15-16H,4,7-9,12-13H2,(H,21,24)/t15-/m1/s1. The van der Waals surface area contributed by atoms with Crippen LogP contribution in [0.3, 0.4) is 0 Å². The normalized spacial score (nSPS) is 20.7. The summed E-state index contributed by atoms with van der Waals surface area (Å²) in [6.07, 6.45) is 6.06. The lowest BCUT2D eigenvalue weighted by atomic mass is 9.97. The molecule has 1 aliphatic heterocycles. The van der Waals surface area contributed by atoms with Gasteiger partial charge in [-0.05, 0) is 31.7 Å². The monoisotopic (exact) mass is 322 g/mol. The van der Waals surface area contributed by atoms with Crippen LogP contribution in [0.4, 0.5) is 5.82 Å². The van der Waals surface area contributed by atoms with E-state index < -0.39 is 0 Å². The summed E-state index contributed by atoms with van der Waals surface area (Å²) in [5, 5.41) is 3.13. The second-order valence-corrected chi connectivity index (χ2v) is 6.67. The molecule has 24 heavy (non-hydrogen) atoms. The second kappa shape index (κ2) is 6.59. The number of carbonyl (C=O) groups is 1. The Hall–Kier alpha value is -2.43. The fourth-order valence-corrected chi connectivity index (χ4v) is 3.20. The van der Waals surface area contributed by atoms with Gasteiger partial charge in [0, 0.05) is 30.9 Å². The summed E-state index contributed by atoms with van der Waals surface area (Å²) in [4.78, 5) is 23.7. The molecule has 0 bridgehead atoms. The molecule has 0 unspecified atom stereocenters. The first-order valence-electron chi connectivity index (χ1n) is 8.73. The predicted molar refractivity (Wildman–Crippen MR) is 93.6 cm³/mol. The van der Waals surface area contributed by atoms with Crippen LogP contribution in [0.25, 0.3) is 11.4 Å². The number of nitrogens with one attached hydrogen (secondary N) is 1. The van der Waals surface area contributed by atoms with Crippen molar-refractivity contribution in [3.8, 4) is 11.4 Å². The molecule has 0 radical (unpaired) electrons. The third-order valence-corrected chi connectivity index (χ3v) is 4.71. The van der Waals surface area contributed by atoms with Gasteiger partial charge in [-0.1, -0.05) is 30.3 Å². The number of carbonyl (C=O) groups excluding carboxylic acids is 1. The molecule has 124 valence electrons. The first-order valence-corrected chi connectivity index (χ1v) is 8.73. The number of benzene rings is 1. The smallest absolute Gasteiger partial charge is 0.225 e. The maximum Gasteiger partial charge on any atom is 0.225 e. The van der Waals surface area contributed by atoms with Gasteiger partial charge in [0.15, 0.2) is 5.82 Å². The van der Waals surface area contributed by atoms with Crippen LogP contribution in [-0.4, -0.2) is 35.0 Å². The number of anilines is 1. The highest BCUT2D eigenvalue weighted by atomic mass is 16.2. The van der Waals surface area contributed by atoms with Crippen LogP contribution in [0.1, 0.15) is 25.7 Å². The Kier molecular flexibility index (Phi) is 4.15. The van der Waals surface area contributed by atoms with Crippen LogP contribution in [-0.2, 0) is 4.79 Å². The summed E-state index contributed by atoms with van der Waals surface area (Å²) in [5.41, 5.74) is 1.01. The maximum atomic E-state index is 12.3. The SMILES string of the molecule is O=C(NC1CC1)[C@@H]1CCCN(c2ccnc(-c3ccccc3)n2)C1. The summed E-state index contributed by atoms with van der Waals surface area (Å²) in [7, 11) is 0. The lowest BCUT2D eigenvalue weighted by molar-refractivity contribution is -0.125.